The molecule has 0 saturated carbocycles. The highest BCUT2D eigenvalue weighted by Crippen LogP contribution is 2.32. The lowest BCUT2D eigenvalue weighted by molar-refractivity contribution is -0.141. The standard InChI is InChI=1S/C26H25F3N6O/c1-16-17(2)24(33-32-22(16)19-8-6-18(15-30)7-9-19)35-13-10-20(11-14-35)34(3)25(36)21-5-4-12-31-23(21)26(27,28)29/h4-9,12,20H,10-11,13-14H2,1-3H3. The highest BCUT2D eigenvalue weighted by Gasteiger charge is 2.38. The molecule has 0 radical (unpaired) electrons. The quantitative estimate of drug-likeness (QED) is 0.519. The SMILES string of the molecule is Cc1c(-c2ccc(C#N)cc2)nnc(N2CCC(N(C)C(=O)c3cccnc3C(F)(F)F)CC2)c1C. The van der Waals surface area contributed by atoms with Crippen molar-refractivity contribution in [2.24, 2.45) is 0 Å². The van der Waals surface area contributed by atoms with Crippen LogP contribution in [0.25, 0.3) is 11.3 Å². The highest BCUT2D eigenvalue weighted by atomic mass is 19.4. The lowest BCUT2D eigenvalue weighted by Crippen LogP contribution is -2.46. The highest BCUT2D eigenvalue weighted by molar-refractivity contribution is 5.95. The summed E-state index contributed by atoms with van der Waals surface area (Å²) in [7, 11) is 1.54. The van der Waals surface area contributed by atoms with Gasteiger partial charge in [0, 0.05) is 37.9 Å². The lowest BCUT2D eigenvalue weighted by atomic mass is 10.00. The number of aromatic nitrogens is 3. The maximum Gasteiger partial charge on any atom is 0.434 e. The third-order valence-corrected chi connectivity index (χ3v) is 6.72. The zero-order valence-electron chi connectivity index (χ0n) is 20.2. The van der Waals surface area contributed by atoms with E-state index in [4.69, 9.17) is 5.26 Å². The second-order valence-corrected chi connectivity index (χ2v) is 8.84. The van der Waals surface area contributed by atoms with Gasteiger partial charge >= 0.3 is 6.18 Å². The lowest BCUT2D eigenvalue weighted by Gasteiger charge is -2.38. The van der Waals surface area contributed by atoms with Crippen LogP contribution >= 0.6 is 0 Å². The van der Waals surface area contributed by atoms with E-state index in [1.165, 1.54) is 24.1 Å². The minimum Gasteiger partial charge on any atom is -0.355 e. The molecule has 0 atom stereocenters. The Labute approximate surface area is 207 Å². The molecule has 36 heavy (non-hydrogen) atoms. The van der Waals surface area contributed by atoms with Crippen LogP contribution in [0, 0.1) is 25.2 Å². The van der Waals surface area contributed by atoms with E-state index in [9.17, 15) is 18.0 Å². The third kappa shape index (κ3) is 4.87. The fourth-order valence-corrected chi connectivity index (χ4v) is 4.49. The van der Waals surface area contributed by atoms with Crippen molar-refractivity contribution in [2.75, 3.05) is 25.0 Å². The Morgan fingerprint density at radius 3 is 2.36 bits per heavy atom. The number of benzene rings is 1. The van der Waals surface area contributed by atoms with Gasteiger partial charge in [-0.2, -0.15) is 18.4 Å². The maximum atomic E-state index is 13.3. The second kappa shape index (κ2) is 9.93. The first-order valence-electron chi connectivity index (χ1n) is 11.5. The second-order valence-electron chi connectivity index (χ2n) is 8.84. The molecule has 0 bridgehead atoms. The molecular formula is C26H25F3N6O. The van der Waals surface area contributed by atoms with Crippen LogP contribution in [0.15, 0.2) is 42.6 Å². The molecule has 3 aromatic rings. The average molecular weight is 495 g/mol. The van der Waals surface area contributed by atoms with Gasteiger partial charge < -0.3 is 9.80 Å². The Balaban J connectivity index is 1.47. The number of hydrogen-bond donors (Lipinski definition) is 0. The summed E-state index contributed by atoms with van der Waals surface area (Å²) >= 11 is 0. The Morgan fingerprint density at radius 1 is 1.08 bits per heavy atom. The molecule has 1 aliphatic heterocycles. The van der Waals surface area contributed by atoms with Crippen molar-refractivity contribution < 1.29 is 18.0 Å². The Hall–Kier alpha value is -4.00. The Bertz CT molecular complexity index is 1310. The Morgan fingerprint density at radius 2 is 1.75 bits per heavy atom. The summed E-state index contributed by atoms with van der Waals surface area (Å²) in [5, 5.41) is 17.9. The smallest absolute Gasteiger partial charge is 0.355 e. The molecule has 0 aliphatic carbocycles. The van der Waals surface area contributed by atoms with Crippen molar-refractivity contribution >= 4 is 11.7 Å². The zero-order chi connectivity index (χ0) is 26.0. The van der Waals surface area contributed by atoms with Crippen LogP contribution in [0.4, 0.5) is 19.0 Å². The molecule has 0 spiro atoms. The molecule has 7 nitrogen and oxygen atoms in total. The molecule has 1 aliphatic rings. The van der Waals surface area contributed by atoms with Crippen molar-refractivity contribution in [3.8, 4) is 17.3 Å². The van der Waals surface area contributed by atoms with Crippen LogP contribution in [0.5, 0.6) is 0 Å². The van der Waals surface area contributed by atoms with Crippen molar-refractivity contribution in [1.82, 2.24) is 20.1 Å². The number of pyridine rings is 1. The van der Waals surface area contributed by atoms with E-state index < -0.39 is 23.3 Å². The van der Waals surface area contributed by atoms with Crippen LogP contribution in [-0.4, -0.2) is 52.2 Å². The van der Waals surface area contributed by atoms with Crippen LogP contribution < -0.4 is 4.90 Å². The molecule has 1 saturated heterocycles. The summed E-state index contributed by atoms with van der Waals surface area (Å²) < 4.78 is 40.0. The minimum absolute atomic E-state index is 0.206. The predicted molar refractivity (Wildman–Crippen MR) is 128 cm³/mol. The minimum atomic E-state index is -4.70. The summed E-state index contributed by atoms with van der Waals surface area (Å²) in [6, 6.07) is 11.6. The van der Waals surface area contributed by atoms with Crippen molar-refractivity contribution in [2.45, 2.75) is 38.9 Å². The number of alkyl halides is 3. The molecule has 2 aromatic heterocycles. The fourth-order valence-electron chi connectivity index (χ4n) is 4.49. The maximum absolute atomic E-state index is 13.3. The average Bonchev–Trinajstić information content (AvgIpc) is 2.89. The molecule has 10 heteroatoms. The molecule has 1 aromatic carbocycles. The first kappa shape index (κ1) is 25.1. The topological polar surface area (TPSA) is 86.0 Å². The molecule has 4 rings (SSSR count). The Kier molecular flexibility index (Phi) is 6.93. The van der Waals surface area contributed by atoms with E-state index in [2.05, 4.69) is 26.2 Å². The normalized spacial score (nSPS) is 14.4. The summed E-state index contributed by atoms with van der Waals surface area (Å²) in [4.78, 5) is 19.8. The number of anilines is 1. The van der Waals surface area contributed by atoms with Gasteiger partial charge in [0.25, 0.3) is 5.91 Å². The van der Waals surface area contributed by atoms with E-state index in [0.29, 0.717) is 31.5 Å². The van der Waals surface area contributed by atoms with Gasteiger partial charge in [-0.3, -0.25) is 9.78 Å². The first-order valence-corrected chi connectivity index (χ1v) is 11.5. The number of nitriles is 1. The molecule has 186 valence electrons. The molecule has 3 heterocycles. The predicted octanol–water partition coefficient (Wildman–Crippen LogP) is 4.79. The monoisotopic (exact) mass is 494 g/mol. The molecule has 1 amide bonds. The number of carbonyl (C=O) groups excluding carboxylic acids is 1. The van der Waals surface area contributed by atoms with E-state index in [1.807, 2.05) is 26.0 Å². The van der Waals surface area contributed by atoms with Gasteiger partial charge in [-0.1, -0.05) is 12.1 Å². The van der Waals surface area contributed by atoms with E-state index in [-0.39, 0.29) is 6.04 Å². The largest absolute Gasteiger partial charge is 0.434 e. The number of hydrogen-bond acceptors (Lipinski definition) is 6. The zero-order valence-corrected chi connectivity index (χ0v) is 20.2. The van der Waals surface area contributed by atoms with Gasteiger partial charge in [0.05, 0.1) is 22.9 Å². The first-order chi connectivity index (χ1) is 17.1. The molecule has 0 unspecified atom stereocenters. The van der Waals surface area contributed by atoms with Gasteiger partial charge in [-0.25, -0.2) is 0 Å². The molecule has 1 fully saturated rings. The van der Waals surface area contributed by atoms with Gasteiger partial charge in [0.15, 0.2) is 11.5 Å². The number of carbonyl (C=O) groups is 1. The van der Waals surface area contributed by atoms with Crippen LogP contribution in [0.2, 0.25) is 0 Å². The van der Waals surface area contributed by atoms with E-state index in [1.54, 1.807) is 12.1 Å². The third-order valence-electron chi connectivity index (χ3n) is 6.72. The summed E-state index contributed by atoms with van der Waals surface area (Å²) in [5.74, 6) is 0.0661. The van der Waals surface area contributed by atoms with Crippen LogP contribution in [0.3, 0.4) is 0 Å². The van der Waals surface area contributed by atoms with Gasteiger partial charge in [-0.15, -0.1) is 10.2 Å². The molecule has 0 N–H and O–H groups in total. The number of nitrogens with zero attached hydrogens (tertiary/aromatic N) is 6. The number of amides is 1. The van der Waals surface area contributed by atoms with Gasteiger partial charge in [0.2, 0.25) is 0 Å². The number of piperidine rings is 1. The summed E-state index contributed by atoms with van der Waals surface area (Å²) in [5.41, 5.74) is 2.56. The van der Waals surface area contributed by atoms with Crippen LogP contribution in [-0.2, 0) is 6.18 Å². The van der Waals surface area contributed by atoms with Crippen molar-refractivity contribution in [3.05, 3.63) is 70.5 Å². The number of rotatable bonds is 4. The fraction of sp³-hybridized carbons (Fsp3) is 0.346. The molecular weight excluding hydrogens is 469 g/mol. The van der Waals surface area contributed by atoms with E-state index in [0.717, 1.165) is 34.4 Å². The van der Waals surface area contributed by atoms with Crippen LogP contribution in [0.1, 0.15) is 45.6 Å². The van der Waals surface area contributed by atoms with E-state index >= 15 is 0 Å². The van der Waals surface area contributed by atoms with Crippen molar-refractivity contribution in [1.29, 1.82) is 5.26 Å². The number of halogens is 3. The summed E-state index contributed by atoms with van der Waals surface area (Å²) in [6.45, 7) is 5.14. The van der Waals surface area contributed by atoms with Gasteiger partial charge in [0.1, 0.15) is 0 Å². The van der Waals surface area contributed by atoms with Crippen molar-refractivity contribution in [3.63, 3.8) is 0 Å². The summed E-state index contributed by atoms with van der Waals surface area (Å²) in [6.07, 6.45) is -2.49. The van der Waals surface area contributed by atoms with Gasteiger partial charge in [-0.05, 0) is 62.1 Å².